The number of aryl methyl sites for hydroxylation is 2. The molecule has 1 aromatic carbocycles. The number of carbonyl (C=O) groups is 1. The minimum Gasteiger partial charge on any atom is -0.361 e. The summed E-state index contributed by atoms with van der Waals surface area (Å²) >= 11 is 0. The second kappa shape index (κ2) is 5.47. The van der Waals surface area contributed by atoms with E-state index in [-0.39, 0.29) is 0 Å². The minimum atomic E-state index is -0.402. The first-order chi connectivity index (χ1) is 10.1. The molecule has 0 radical (unpaired) electrons. The summed E-state index contributed by atoms with van der Waals surface area (Å²) in [7, 11) is 0. The van der Waals surface area contributed by atoms with Crippen molar-refractivity contribution in [1.29, 1.82) is 0 Å². The minimum absolute atomic E-state index is 0.361. The van der Waals surface area contributed by atoms with Crippen molar-refractivity contribution < 1.29 is 9.32 Å². The molecule has 0 N–H and O–H groups in total. The number of Topliss-reactive ketones (excluding diaryl/α,β-unsaturated/α-hetero) is 1. The highest BCUT2D eigenvalue weighted by Gasteiger charge is 2.42. The predicted molar refractivity (Wildman–Crippen MR) is 81.3 cm³/mol. The van der Waals surface area contributed by atoms with Gasteiger partial charge >= 0.3 is 0 Å². The summed E-state index contributed by atoms with van der Waals surface area (Å²) in [5, 5.41) is 4.05. The summed E-state index contributed by atoms with van der Waals surface area (Å²) in [6, 6.07) is 10.2. The largest absolute Gasteiger partial charge is 0.361 e. The van der Waals surface area contributed by atoms with E-state index < -0.39 is 5.41 Å². The van der Waals surface area contributed by atoms with Crippen molar-refractivity contribution in [3.8, 4) is 0 Å². The lowest BCUT2D eigenvalue weighted by atomic mass is 9.65. The van der Waals surface area contributed by atoms with E-state index >= 15 is 0 Å². The van der Waals surface area contributed by atoms with Crippen LogP contribution in [0, 0.1) is 13.8 Å². The van der Waals surface area contributed by atoms with Gasteiger partial charge < -0.3 is 4.52 Å². The SMILES string of the molecule is Cc1noc(C)c1CC1(c2ccccc2)CCCCC1=O. The van der Waals surface area contributed by atoms with Gasteiger partial charge in [-0.2, -0.15) is 0 Å². The van der Waals surface area contributed by atoms with Crippen LogP contribution < -0.4 is 0 Å². The van der Waals surface area contributed by atoms with Crippen LogP contribution in [-0.2, 0) is 16.6 Å². The summed E-state index contributed by atoms with van der Waals surface area (Å²) in [5.41, 5.74) is 2.73. The molecule has 1 aliphatic rings. The van der Waals surface area contributed by atoms with Gasteiger partial charge in [0, 0.05) is 12.0 Å². The van der Waals surface area contributed by atoms with Crippen molar-refractivity contribution >= 4 is 5.78 Å². The number of nitrogens with zero attached hydrogens (tertiary/aromatic N) is 1. The number of ketones is 1. The molecule has 0 aliphatic heterocycles. The summed E-state index contributed by atoms with van der Waals surface area (Å²) in [6.45, 7) is 3.89. The summed E-state index contributed by atoms with van der Waals surface area (Å²) < 4.78 is 5.29. The van der Waals surface area contributed by atoms with Crippen LogP contribution in [-0.4, -0.2) is 10.9 Å². The Morgan fingerprint density at radius 3 is 2.57 bits per heavy atom. The van der Waals surface area contributed by atoms with Crippen molar-refractivity contribution in [2.24, 2.45) is 0 Å². The average Bonchev–Trinajstić information content (AvgIpc) is 2.82. The van der Waals surface area contributed by atoms with Crippen molar-refractivity contribution in [2.45, 2.75) is 51.4 Å². The van der Waals surface area contributed by atoms with Gasteiger partial charge in [0.2, 0.25) is 0 Å². The molecular weight excluding hydrogens is 262 g/mol. The van der Waals surface area contributed by atoms with Crippen LogP contribution in [0.3, 0.4) is 0 Å². The molecule has 0 saturated heterocycles. The van der Waals surface area contributed by atoms with Crippen LogP contribution in [0.5, 0.6) is 0 Å². The fourth-order valence-corrected chi connectivity index (χ4v) is 3.50. The normalized spacial score (nSPS) is 22.5. The van der Waals surface area contributed by atoms with Crippen LogP contribution in [0.4, 0.5) is 0 Å². The van der Waals surface area contributed by atoms with E-state index in [0.29, 0.717) is 18.6 Å². The summed E-state index contributed by atoms with van der Waals surface area (Å²) in [6.07, 6.45) is 4.41. The van der Waals surface area contributed by atoms with Gasteiger partial charge in [0.25, 0.3) is 0 Å². The Hall–Kier alpha value is -1.90. The third-order valence-corrected chi connectivity index (χ3v) is 4.78. The quantitative estimate of drug-likeness (QED) is 0.857. The van der Waals surface area contributed by atoms with Crippen LogP contribution >= 0.6 is 0 Å². The average molecular weight is 283 g/mol. The summed E-state index contributed by atoms with van der Waals surface area (Å²) in [5.74, 6) is 1.20. The maximum atomic E-state index is 12.8. The molecule has 1 atom stereocenters. The van der Waals surface area contributed by atoms with Gasteiger partial charge in [0.1, 0.15) is 11.5 Å². The Morgan fingerprint density at radius 2 is 1.95 bits per heavy atom. The summed E-state index contributed by atoms with van der Waals surface area (Å²) in [4.78, 5) is 12.8. The van der Waals surface area contributed by atoms with Crippen LogP contribution in [0.2, 0.25) is 0 Å². The molecule has 21 heavy (non-hydrogen) atoms. The molecule has 3 nitrogen and oxygen atoms in total. The van der Waals surface area contributed by atoms with Crippen LogP contribution in [0.1, 0.15) is 48.3 Å². The predicted octanol–water partition coefficient (Wildman–Crippen LogP) is 3.92. The van der Waals surface area contributed by atoms with Crippen LogP contribution in [0.25, 0.3) is 0 Å². The zero-order valence-electron chi connectivity index (χ0n) is 12.7. The van der Waals surface area contributed by atoms with E-state index in [9.17, 15) is 4.79 Å². The molecule has 3 rings (SSSR count). The van der Waals surface area contributed by atoms with Crippen molar-refractivity contribution in [1.82, 2.24) is 5.16 Å². The Bertz CT molecular complexity index is 625. The number of aromatic nitrogens is 1. The fourth-order valence-electron chi connectivity index (χ4n) is 3.50. The highest BCUT2D eigenvalue weighted by Crippen LogP contribution is 2.40. The first-order valence-electron chi connectivity index (χ1n) is 7.64. The Morgan fingerprint density at radius 1 is 1.19 bits per heavy atom. The van der Waals surface area contributed by atoms with Crippen molar-refractivity contribution in [2.75, 3.05) is 0 Å². The van der Waals surface area contributed by atoms with Gasteiger partial charge in [-0.25, -0.2) is 0 Å². The molecular formula is C18H21NO2. The molecule has 1 saturated carbocycles. The standard InChI is InChI=1S/C18H21NO2/c1-13-16(14(2)21-19-13)12-18(11-7-6-10-17(18)20)15-8-4-3-5-9-15/h3-5,8-9H,6-7,10-12H2,1-2H3. The molecule has 0 spiro atoms. The number of carbonyl (C=O) groups excluding carboxylic acids is 1. The molecule has 0 bridgehead atoms. The van der Waals surface area contributed by atoms with E-state index in [1.165, 1.54) is 0 Å². The molecule has 110 valence electrons. The lowest BCUT2D eigenvalue weighted by Crippen LogP contribution is -2.41. The van der Waals surface area contributed by atoms with Gasteiger partial charge in [-0.1, -0.05) is 41.9 Å². The van der Waals surface area contributed by atoms with Gasteiger partial charge in [0.15, 0.2) is 0 Å². The zero-order valence-corrected chi connectivity index (χ0v) is 12.7. The monoisotopic (exact) mass is 283 g/mol. The van der Waals surface area contributed by atoms with Gasteiger partial charge in [0.05, 0.1) is 11.1 Å². The van der Waals surface area contributed by atoms with E-state index in [1.54, 1.807) is 0 Å². The topological polar surface area (TPSA) is 43.1 Å². The number of benzene rings is 1. The zero-order chi connectivity index (χ0) is 14.9. The highest BCUT2D eigenvalue weighted by molar-refractivity contribution is 5.91. The number of rotatable bonds is 3. The molecule has 2 aromatic rings. The Balaban J connectivity index is 2.07. The van der Waals surface area contributed by atoms with Gasteiger partial charge in [-0.15, -0.1) is 0 Å². The van der Waals surface area contributed by atoms with E-state index in [0.717, 1.165) is 41.8 Å². The molecule has 1 aromatic heterocycles. The third-order valence-electron chi connectivity index (χ3n) is 4.78. The van der Waals surface area contributed by atoms with E-state index in [4.69, 9.17) is 4.52 Å². The Labute approximate surface area is 125 Å². The number of hydrogen-bond donors (Lipinski definition) is 0. The first kappa shape index (κ1) is 14.1. The molecule has 1 aliphatic carbocycles. The first-order valence-corrected chi connectivity index (χ1v) is 7.64. The smallest absolute Gasteiger partial charge is 0.143 e. The number of hydrogen-bond acceptors (Lipinski definition) is 3. The maximum absolute atomic E-state index is 12.8. The van der Waals surface area contributed by atoms with Crippen LogP contribution in [0.15, 0.2) is 34.9 Å². The molecule has 1 unspecified atom stereocenters. The highest BCUT2D eigenvalue weighted by atomic mass is 16.5. The Kier molecular flexibility index (Phi) is 3.66. The van der Waals surface area contributed by atoms with Crippen molar-refractivity contribution in [3.05, 3.63) is 52.9 Å². The molecule has 1 heterocycles. The van der Waals surface area contributed by atoms with Gasteiger partial charge in [-0.05, 0) is 38.7 Å². The maximum Gasteiger partial charge on any atom is 0.143 e. The lowest BCUT2D eigenvalue weighted by molar-refractivity contribution is -0.126. The second-order valence-electron chi connectivity index (χ2n) is 6.06. The molecule has 3 heteroatoms. The van der Waals surface area contributed by atoms with E-state index in [2.05, 4.69) is 17.3 Å². The molecule has 1 fully saturated rings. The molecule has 0 amide bonds. The van der Waals surface area contributed by atoms with Gasteiger partial charge in [-0.3, -0.25) is 4.79 Å². The second-order valence-corrected chi connectivity index (χ2v) is 6.06. The third kappa shape index (κ3) is 2.41. The van der Waals surface area contributed by atoms with Crippen molar-refractivity contribution in [3.63, 3.8) is 0 Å². The van der Waals surface area contributed by atoms with E-state index in [1.807, 2.05) is 32.0 Å². The fraction of sp³-hybridized carbons (Fsp3) is 0.444. The lowest BCUT2D eigenvalue weighted by Gasteiger charge is -2.36.